The Morgan fingerprint density at radius 2 is 1.93 bits per heavy atom. The molecule has 3 heterocycles. The van der Waals surface area contributed by atoms with Crippen molar-refractivity contribution in [2.45, 2.75) is 19.0 Å². The van der Waals surface area contributed by atoms with Gasteiger partial charge in [0.05, 0.1) is 5.56 Å². The van der Waals surface area contributed by atoms with Gasteiger partial charge in [0.1, 0.15) is 16.4 Å². The van der Waals surface area contributed by atoms with Gasteiger partial charge in [-0.25, -0.2) is 4.98 Å². The van der Waals surface area contributed by atoms with Crippen LogP contribution >= 0.6 is 12.2 Å². The summed E-state index contributed by atoms with van der Waals surface area (Å²) < 4.78 is 40.3. The lowest BCUT2D eigenvalue weighted by Crippen LogP contribution is -2.24. The molecule has 3 aromatic rings. The molecule has 0 aliphatic carbocycles. The Morgan fingerprint density at radius 1 is 1.19 bits per heavy atom. The first kappa shape index (κ1) is 17.7. The van der Waals surface area contributed by atoms with Crippen LogP contribution in [-0.2, 0) is 6.18 Å². The van der Waals surface area contributed by atoms with Gasteiger partial charge in [0.15, 0.2) is 5.65 Å². The average Bonchev–Trinajstić information content (AvgIpc) is 3.15. The van der Waals surface area contributed by atoms with Crippen LogP contribution in [0.4, 0.5) is 19.1 Å². The largest absolute Gasteiger partial charge is 0.416 e. The van der Waals surface area contributed by atoms with Crippen molar-refractivity contribution in [1.29, 1.82) is 0 Å². The lowest BCUT2D eigenvalue weighted by atomic mass is 10.2. The van der Waals surface area contributed by atoms with E-state index in [0.29, 0.717) is 5.95 Å². The first-order valence-electron chi connectivity index (χ1n) is 8.29. The van der Waals surface area contributed by atoms with Gasteiger partial charge in [0, 0.05) is 18.8 Å². The van der Waals surface area contributed by atoms with E-state index in [1.54, 1.807) is 0 Å². The van der Waals surface area contributed by atoms with Gasteiger partial charge >= 0.3 is 6.18 Å². The SMILES string of the molecule is O=c1[nH]c(N2CCCC2)nc2ncn(-c3cccc(C(F)(F)F)c3)c(=S)c12. The zero-order valence-corrected chi connectivity index (χ0v) is 14.8. The van der Waals surface area contributed by atoms with Gasteiger partial charge in [-0.1, -0.05) is 18.3 Å². The normalized spacial score (nSPS) is 14.9. The lowest BCUT2D eigenvalue weighted by Gasteiger charge is -2.16. The number of aromatic amines is 1. The first-order chi connectivity index (χ1) is 12.8. The maximum absolute atomic E-state index is 13.0. The third-order valence-electron chi connectivity index (χ3n) is 4.47. The molecular formula is C17H14F3N5OS. The van der Waals surface area contributed by atoms with E-state index in [-0.39, 0.29) is 21.4 Å². The number of alkyl halides is 3. The molecule has 1 aliphatic heterocycles. The third-order valence-corrected chi connectivity index (χ3v) is 4.87. The molecule has 0 unspecified atom stereocenters. The molecule has 1 N–H and O–H groups in total. The fourth-order valence-electron chi connectivity index (χ4n) is 3.12. The van der Waals surface area contributed by atoms with Crippen LogP contribution in [0.5, 0.6) is 0 Å². The highest BCUT2D eigenvalue weighted by Crippen LogP contribution is 2.30. The molecule has 4 rings (SSSR count). The number of nitrogens with zero attached hydrogens (tertiary/aromatic N) is 4. The summed E-state index contributed by atoms with van der Waals surface area (Å²) in [6.07, 6.45) is -1.15. The van der Waals surface area contributed by atoms with Crippen LogP contribution in [0.15, 0.2) is 35.4 Å². The number of benzene rings is 1. The summed E-state index contributed by atoms with van der Waals surface area (Å²) in [7, 11) is 0. The molecule has 1 saturated heterocycles. The van der Waals surface area contributed by atoms with Crippen LogP contribution in [0.1, 0.15) is 18.4 Å². The van der Waals surface area contributed by atoms with Gasteiger partial charge < -0.3 is 4.90 Å². The minimum absolute atomic E-state index is 0.0565. The van der Waals surface area contributed by atoms with Crippen LogP contribution in [0, 0.1) is 4.64 Å². The lowest BCUT2D eigenvalue weighted by molar-refractivity contribution is -0.137. The first-order valence-corrected chi connectivity index (χ1v) is 8.70. The predicted molar refractivity (Wildman–Crippen MR) is 96.8 cm³/mol. The number of halogens is 3. The highest BCUT2D eigenvalue weighted by atomic mass is 32.1. The van der Waals surface area contributed by atoms with Gasteiger partial charge in [-0.3, -0.25) is 14.3 Å². The highest BCUT2D eigenvalue weighted by Gasteiger charge is 2.30. The second-order valence-electron chi connectivity index (χ2n) is 6.25. The Hall–Kier alpha value is -2.75. The Labute approximate surface area is 156 Å². The minimum atomic E-state index is -4.48. The summed E-state index contributed by atoms with van der Waals surface area (Å²) in [6, 6.07) is 4.68. The van der Waals surface area contributed by atoms with E-state index in [9.17, 15) is 18.0 Å². The Morgan fingerprint density at radius 3 is 2.63 bits per heavy atom. The highest BCUT2D eigenvalue weighted by molar-refractivity contribution is 7.71. The molecule has 27 heavy (non-hydrogen) atoms. The van der Waals surface area contributed by atoms with Gasteiger partial charge in [-0.2, -0.15) is 18.2 Å². The monoisotopic (exact) mass is 393 g/mol. The van der Waals surface area contributed by atoms with Gasteiger partial charge in [0.2, 0.25) is 5.95 Å². The van der Waals surface area contributed by atoms with Crippen molar-refractivity contribution in [3.05, 3.63) is 51.2 Å². The molecule has 0 amide bonds. The maximum Gasteiger partial charge on any atom is 0.416 e. The molecule has 10 heteroatoms. The van der Waals surface area contributed by atoms with Crippen LogP contribution in [0.25, 0.3) is 16.7 Å². The van der Waals surface area contributed by atoms with Crippen LogP contribution < -0.4 is 10.5 Å². The van der Waals surface area contributed by atoms with E-state index in [1.807, 2.05) is 4.90 Å². The molecule has 2 aromatic heterocycles. The van der Waals surface area contributed by atoms with E-state index in [1.165, 1.54) is 23.0 Å². The molecule has 0 bridgehead atoms. The van der Waals surface area contributed by atoms with E-state index in [4.69, 9.17) is 12.2 Å². The Balaban J connectivity index is 1.86. The topological polar surface area (TPSA) is 66.8 Å². The van der Waals surface area contributed by atoms with Crippen molar-refractivity contribution in [3.8, 4) is 5.69 Å². The summed E-state index contributed by atoms with van der Waals surface area (Å²) in [5.41, 5.74) is -0.916. The number of hydrogen-bond donors (Lipinski definition) is 1. The summed E-state index contributed by atoms with van der Waals surface area (Å²) >= 11 is 5.35. The van der Waals surface area contributed by atoms with E-state index >= 15 is 0 Å². The van der Waals surface area contributed by atoms with Crippen LogP contribution in [-0.4, -0.2) is 32.6 Å². The van der Waals surface area contributed by atoms with Gasteiger partial charge in [-0.15, -0.1) is 0 Å². The van der Waals surface area contributed by atoms with Crippen molar-refractivity contribution >= 4 is 29.2 Å². The van der Waals surface area contributed by atoms with Crippen molar-refractivity contribution in [2.75, 3.05) is 18.0 Å². The third kappa shape index (κ3) is 3.20. The summed E-state index contributed by atoms with van der Waals surface area (Å²) in [5, 5.41) is 0.0767. The molecular weight excluding hydrogens is 379 g/mol. The van der Waals surface area contributed by atoms with Gasteiger partial charge in [0.25, 0.3) is 5.56 Å². The van der Waals surface area contributed by atoms with Crippen molar-refractivity contribution < 1.29 is 13.2 Å². The fraction of sp³-hybridized carbons (Fsp3) is 0.294. The number of H-pyrrole nitrogens is 1. The predicted octanol–water partition coefficient (Wildman–Crippen LogP) is 3.46. The minimum Gasteiger partial charge on any atom is -0.342 e. The van der Waals surface area contributed by atoms with E-state index in [0.717, 1.165) is 38.1 Å². The second-order valence-corrected chi connectivity index (χ2v) is 6.64. The molecule has 1 fully saturated rings. The zero-order valence-electron chi connectivity index (χ0n) is 14.0. The van der Waals surface area contributed by atoms with Crippen LogP contribution in [0.2, 0.25) is 0 Å². The molecule has 0 saturated carbocycles. The second kappa shape index (κ2) is 6.45. The van der Waals surface area contributed by atoms with E-state index in [2.05, 4.69) is 15.0 Å². The maximum atomic E-state index is 13.0. The molecule has 0 spiro atoms. The summed E-state index contributed by atoms with van der Waals surface area (Å²) in [4.78, 5) is 25.8. The average molecular weight is 393 g/mol. The molecule has 1 aromatic carbocycles. The standard InChI is InChI=1S/C17H14F3N5OS/c18-17(19,20)10-4-3-5-11(8-10)25-9-21-13-12(15(25)27)14(26)23-16(22-13)24-6-1-2-7-24/h3-5,8-9H,1-2,6-7H2,(H,22,23,26). The zero-order chi connectivity index (χ0) is 19.2. The molecule has 1 aliphatic rings. The smallest absolute Gasteiger partial charge is 0.342 e. The van der Waals surface area contributed by atoms with E-state index < -0.39 is 17.3 Å². The molecule has 0 radical (unpaired) electrons. The van der Waals surface area contributed by atoms with Crippen molar-refractivity contribution in [2.24, 2.45) is 0 Å². The number of aromatic nitrogens is 4. The fourth-order valence-corrected chi connectivity index (χ4v) is 3.45. The van der Waals surface area contributed by atoms with Crippen LogP contribution in [0.3, 0.4) is 0 Å². The Kier molecular flexibility index (Phi) is 4.22. The van der Waals surface area contributed by atoms with Gasteiger partial charge in [-0.05, 0) is 31.0 Å². The number of fused-ring (bicyclic) bond motifs is 1. The summed E-state index contributed by atoms with van der Waals surface area (Å²) in [6.45, 7) is 1.60. The number of nitrogens with one attached hydrogen (secondary N) is 1. The van der Waals surface area contributed by atoms with Crippen molar-refractivity contribution in [1.82, 2.24) is 19.5 Å². The number of anilines is 1. The van der Waals surface area contributed by atoms with Crippen molar-refractivity contribution in [3.63, 3.8) is 0 Å². The number of rotatable bonds is 2. The summed E-state index contributed by atoms with van der Waals surface area (Å²) in [5.74, 6) is 0.434. The Bertz CT molecular complexity index is 1130. The quantitative estimate of drug-likeness (QED) is 0.676. The molecule has 6 nitrogen and oxygen atoms in total. The molecule has 140 valence electrons. The molecule has 0 atom stereocenters. The number of hydrogen-bond acceptors (Lipinski definition) is 5.